The maximum absolute atomic E-state index is 13.0. The molecule has 1 amide bonds. The lowest BCUT2D eigenvalue weighted by Crippen LogP contribution is -2.51. The van der Waals surface area contributed by atoms with Crippen LogP contribution in [0.4, 0.5) is 0 Å². The van der Waals surface area contributed by atoms with E-state index in [0.717, 1.165) is 22.5 Å². The van der Waals surface area contributed by atoms with E-state index in [0.29, 0.717) is 36.2 Å². The predicted molar refractivity (Wildman–Crippen MR) is 113 cm³/mol. The number of aromatic nitrogens is 2. The number of nitrogens with zero attached hydrogens (tertiary/aromatic N) is 4. The number of amides is 1. The van der Waals surface area contributed by atoms with Crippen LogP contribution in [0.3, 0.4) is 0 Å². The molecule has 29 heavy (non-hydrogen) atoms. The number of hydrogen-bond donors (Lipinski definition) is 0. The molecule has 2 aromatic rings. The molecule has 0 unspecified atom stereocenters. The van der Waals surface area contributed by atoms with E-state index in [9.17, 15) is 13.2 Å². The van der Waals surface area contributed by atoms with Crippen molar-refractivity contribution >= 4 is 27.7 Å². The lowest BCUT2D eigenvalue weighted by Gasteiger charge is -2.34. The molecule has 0 spiro atoms. The molecule has 3 rings (SSSR count). The number of thioether (sulfide) groups is 1. The molecule has 1 fully saturated rings. The monoisotopic (exact) mass is 434 g/mol. The Balaban J connectivity index is 1.59. The zero-order chi connectivity index (χ0) is 21.2. The molecular formula is C20H26N4O3S2. The summed E-state index contributed by atoms with van der Waals surface area (Å²) in [5.41, 5.74) is 3.39. The van der Waals surface area contributed by atoms with Gasteiger partial charge in [0.25, 0.3) is 0 Å². The molecule has 0 radical (unpaired) electrons. The molecule has 0 bridgehead atoms. The van der Waals surface area contributed by atoms with Crippen LogP contribution in [0.1, 0.15) is 22.5 Å². The fourth-order valence-corrected chi connectivity index (χ4v) is 5.86. The van der Waals surface area contributed by atoms with Crippen molar-refractivity contribution in [1.82, 2.24) is 19.2 Å². The molecule has 2 heterocycles. The van der Waals surface area contributed by atoms with Gasteiger partial charge in [-0.1, -0.05) is 23.9 Å². The lowest BCUT2D eigenvalue weighted by atomic mass is 10.2. The minimum Gasteiger partial charge on any atom is -0.339 e. The average molecular weight is 435 g/mol. The van der Waals surface area contributed by atoms with Crippen LogP contribution in [0.25, 0.3) is 0 Å². The zero-order valence-corrected chi connectivity index (χ0v) is 18.8. The molecule has 7 nitrogen and oxygen atoms in total. The lowest BCUT2D eigenvalue weighted by molar-refractivity contribution is -0.129. The number of sulfonamides is 1. The van der Waals surface area contributed by atoms with E-state index >= 15 is 0 Å². The molecule has 1 aromatic carbocycles. The third-order valence-corrected chi connectivity index (χ3v) is 7.71. The smallest absolute Gasteiger partial charge is 0.243 e. The van der Waals surface area contributed by atoms with Crippen LogP contribution in [0.5, 0.6) is 0 Å². The van der Waals surface area contributed by atoms with E-state index < -0.39 is 10.0 Å². The fraction of sp³-hybridized carbons (Fsp3) is 0.450. The maximum Gasteiger partial charge on any atom is 0.243 e. The Morgan fingerprint density at radius 2 is 1.62 bits per heavy atom. The van der Waals surface area contributed by atoms with Crippen LogP contribution in [-0.2, 0) is 14.8 Å². The second-order valence-electron chi connectivity index (χ2n) is 7.28. The average Bonchev–Trinajstić information content (AvgIpc) is 2.67. The van der Waals surface area contributed by atoms with Crippen LogP contribution in [0.2, 0.25) is 0 Å². The van der Waals surface area contributed by atoms with Crippen molar-refractivity contribution in [3.63, 3.8) is 0 Å². The van der Waals surface area contributed by atoms with E-state index in [2.05, 4.69) is 9.97 Å². The largest absolute Gasteiger partial charge is 0.339 e. The van der Waals surface area contributed by atoms with Crippen molar-refractivity contribution in [2.45, 2.75) is 37.7 Å². The molecule has 9 heteroatoms. The minimum atomic E-state index is -3.56. The number of rotatable bonds is 5. The van der Waals surface area contributed by atoms with Crippen LogP contribution in [0, 0.1) is 27.7 Å². The highest BCUT2D eigenvalue weighted by Gasteiger charge is 2.31. The van der Waals surface area contributed by atoms with Gasteiger partial charge in [0.2, 0.25) is 15.9 Å². The van der Waals surface area contributed by atoms with E-state index in [1.807, 2.05) is 39.0 Å². The second-order valence-corrected chi connectivity index (χ2v) is 10.1. The molecule has 1 aromatic heterocycles. The first-order chi connectivity index (χ1) is 13.7. The minimum absolute atomic E-state index is 0.0263. The third kappa shape index (κ3) is 5.15. The summed E-state index contributed by atoms with van der Waals surface area (Å²) in [5, 5.41) is 0.590. The molecule has 156 valence electrons. The van der Waals surface area contributed by atoms with Gasteiger partial charge in [0.1, 0.15) is 0 Å². The Kier molecular flexibility index (Phi) is 6.60. The van der Waals surface area contributed by atoms with E-state index in [-0.39, 0.29) is 11.7 Å². The highest BCUT2D eigenvalue weighted by molar-refractivity contribution is 7.99. The van der Waals surface area contributed by atoms with Gasteiger partial charge >= 0.3 is 0 Å². The molecule has 0 saturated carbocycles. The van der Waals surface area contributed by atoms with Crippen LogP contribution < -0.4 is 0 Å². The van der Waals surface area contributed by atoms with E-state index in [4.69, 9.17) is 0 Å². The fourth-order valence-electron chi connectivity index (χ4n) is 3.28. The highest BCUT2D eigenvalue weighted by atomic mass is 32.2. The number of piperazine rings is 1. The molecule has 0 N–H and O–H groups in total. The Labute approximate surface area is 176 Å². The van der Waals surface area contributed by atoms with Gasteiger partial charge in [-0.15, -0.1) is 0 Å². The van der Waals surface area contributed by atoms with Crippen LogP contribution >= 0.6 is 11.8 Å². The summed E-state index contributed by atoms with van der Waals surface area (Å²) >= 11 is 1.31. The summed E-state index contributed by atoms with van der Waals surface area (Å²) in [6, 6.07) is 7.33. The first-order valence-electron chi connectivity index (χ1n) is 9.47. The van der Waals surface area contributed by atoms with Crippen molar-refractivity contribution in [3.8, 4) is 0 Å². The first-order valence-corrected chi connectivity index (χ1v) is 11.9. The standard InChI is InChI=1S/C20H26N4O3S2/c1-14-5-6-15(2)18(11-14)29(26,27)24-9-7-23(8-10-24)19(25)13-28-20-21-16(3)12-17(4)22-20/h5-6,11-12H,7-10,13H2,1-4H3. The normalized spacial score (nSPS) is 15.5. The Bertz CT molecular complexity index is 996. The van der Waals surface area contributed by atoms with Gasteiger partial charge in [-0.05, 0) is 51.0 Å². The van der Waals surface area contributed by atoms with Crippen LogP contribution in [0.15, 0.2) is 34.3 Å². The number of aryl methyl sites for hydroxylation is 4. The van der Waals surface area contributed by atoms with Gasteiger partial charge in [-0.3, -0.25) is 4.79 Å². The highest BCUT2D eigenvalue weighted by Crippen LogP contribution is 2.23. The summed E-state index contributed by atoms with van der Waals surface area (Å²) in [7, 11) is -3.56. The number of hydrogen-bond acceptors (Lipinski definition) is 6. The first kappa shape index (κ1) is 21.7. The second kappa shape index (κ2) is 8.81. The van der Waals surface area contributed by atoms with Gasteiger partial charge in [0.15, 0.2) is 5.16 Å². The van der Waals surface area contributed by atoms with Crippen molar-refractivity contribution in [1.29, 1.82) is 0 Å². The quantitative estimate of drug-likeness (QED) is 0.531. The Morgan fingerprint density at radius 1 is 1.00 bits per heavy atom. The van der Waals surface area contributed by atoms with Crippen molar-refractivity contribution < 1.29 is 13.2 Å². The number of carbonyl (C=O) groups excluding carboxylic acids is 1. The SMILES string of the molecule is Cc1ccc(C)c(S(=O)(=O)N2CCN(C(=O)CSc3nc(C)cc(C)n3)CC2)c1. The molecule has 0 aliphatic carbocycles. The maximum atomic E-state index is 13.0. The Hall–Kier alpha value is -1.97. The molecule has 1 aliphatic rings. The number of benzene rings is 1. The van der Waals surface area contributed by atoms with Gasteiger partial charge < -0.3 is 4.90 Å². The Morgan fingerprint density at radius 3 is 2.24 bits per heavy atom. The third-order valence-electron chi connectivity index (χ3n) is 4.84. The van der Waals surface area contributed by atoms with Gasteiger partial charge in [-0.25, -0.2) is 18.4 Å². The number of carbonyl (C=O) groups is 1. The zero-order valence-electron chi connectivity index (χ0n) is 17.2. The van der Waals surface area contributed by atoms with Gasteiger partial charge in [0.05, 0.1) is 10.6 Å². The van der Waals surface area contributed by atoms with Crippen LogP contribution in [-0.4, -0.2) is 65.4 Å². The van der Waals surface area contributed by atoms with Crippen molar-refractivity contribution in [2.24, 2.45) is 0 Å². The molecule has 1 saturated heterocycles. The molecule has 1 aliphatic heterocycles. The predicted octanol–water partition coefficient (Wildman–Crippen LogP) is 2.34. The summed E-state index contributed by atoms with van der Waals surface area (Å²) in [6.07, 6.45) is 0. The van der Waals surface area contributed by atoms with E-state index in [1.165, 1.54) is 16.1 Å². The summed E-state index contributed by atoms with van der Waals surface area (Å²) in [4.78, 5) is 23.3. The topological polar surface area (TPSA) is 83.5 Å². The van der Waals surface area contributed by atoms with Crippen molar-refractivity contribution in [2.75, 3.05) is 31.9 Å². The van der Waals surface area contributed by atoms with Gasteiger partial charge in [-0.2, -0.15) is 4.31 Å². The molecular weight excluding hydrogens is 408 g/mol. The van der Waals surface area contributed by atoms with E-state index in [1.54, 1.807) is 17.9 Å². The van der Waals surface area contributed by atoms with Gasteiger partial charge in [0, 0.05) is 37.6 Å². The summed E-state index contributed by atoms with van der Waals surface area (Å²) < 4.78 is 27.5. The van der Waals surface area contributed by atoms with Crippen molar-refractivity contribution in [3.05, 3.63) is 46.8 Å². The summed E-state index contributed by atoms with van der Waals surface area (Å²) in [6.45, 7) is 8.85. The molecule has 0 atom stereocenters. The summed E-state index contributed by atoms with van der Waals surface area (Å²) in [5.74, 6) is 0.216.